The molecule has 2 aromatic carbocycles. The number of carbonyl (C=O) groups excluding carboxylic acids is 1. The number of amides is 1. The van der Waals surface area contributed by atoms with Crippen LogP contribution >= 0.6 is 12.2 Å². The van der Waals surface area contributed by atoms with Gasteiger partial charge < -0.3 is 14.8 Å². The van der Waals surface area contributed by atoms with Gasteiger partial charge in [0.25, 0.3) is 5.91 Å². The van der Waals surface area contributed by atoms with E-state index in [1.165, 1.54) is 7.11 Å². The molecule has 6 nitrogen and oxygen atoms in total. The molecule has 7 heteroatoms. The van der Waals surface area contributed by atoms with Gasteiger partial charge in [0.05, 0.1) is 13.2 Å². The van der Waals surface area contributed by atoms with Gasteiger partial charge in [-0.25, -0.2) is 0 Å². The minimum Gasteiger partial charge on any atom is -0.493 e. The van der Waals surface area contributed by atoms with E-state index in [0.717, 1.165) is 5.56 Å². The van der Waals surface area contributed by atoms with E-state index in [0.29, 0.717) is 28.7 Å². The van der Waals surface area contributed by atoms with E-state index in [-0.39, 0.29) is 12.0 Å². The maximum Gasteiger partial charge on any atom is 0.269 e. The van der Waals surface area contributed by atoms with E-state index >= 15 is 0 Å². The van der Waals surface area contributed by atoms with Gasteiger partial charge in [-0.1, -0.05) is 30.3 Å². The van der Waals surface area contributed by atoms with E-state index in [1.54, 1.807) is 18.2 Å². The van der Waals surface area contributed by atoms with Crippen LogP contribution < -0.4 is 25.6 Å². The molecule has 0 aliphatic rings. The number of rotatable bonds is 6. The lowest BCUT2D eigenvalue weighted by Gasteiger charge is -2.15. The molecule has 0 aliphatic carbocycles. The Morgan fingerprint density at radius 2 is 1.81 bits per heavy atom. The topological polar surface area (TPSA) is 71.6 Å². The molecule has 0 unspecified atom stereocenters. The second-order valence-corrected chi connectivity index (χ2v) is 6.19. The number of benzene rings is 2. The monoisotopic (exact) mass is 373 g/mol. The van der Waals surface area contributed by atoms with E-state index < -0.39 is 0 Å². The Hall–Kier alpha value is -2.80. The number of hydrazine groups is 1. The van der Waals surface area contributed by atoms with Crippen LogP contribution in [0.4, 0.5) is 0 Å². The van der Waals surface area contributed by atoms with Crippen molar-refractivity contribution in [1.29, 1.82) is 0 Å². The van der Waals surface area contributed by atoms with Crippen LogP contribution in [0.2, 0.25) is 0 Å². The van der Waals surface area contributed by atoms with Crippen LogP contribution in [0.15, 0.2) is 48.5 Å². The SMILES string of the molecule is COc1cc(C(=O)NNC(=S)NCc2ccccc2)ccc1OC(C)C. The molecule has 3 N–H and O–H groups in total. The van der Waals surface area contributed by atoms with Crippen LogP contribution in [0, 0.1) is 0 Å². The summed E-state index contributed by atoms with van der Waals surface area (Å²) in [4.78, 5) is 12.3. The number of nitrogens with one attached hydrogen (secondary N) is 3. The highest BCUT2D eigenvalue weighted by atomic mass is 32.1. The predicted molar refractivity (Wildman–Crippen MR) is 105 cm³/mol. The summed E-state index contributed by atoms with van der Waals surface area (Å²) in [6.07, 6.45) is 0.0123. The Balaban J connectivity index is 1.87. The van der Waals surface area contributed by atoms with Gasteiger partial charge in [-0.05, 0) is 49.8 Å². The summed E-state index contributed by atoms with van der Waals surface area (Å²) in [6.45, 7) is 4.42. The van der Waals surface area contributed by atoms with E-state index in [9.17, 15) is 4.79 Å². The van der Waals surface area contributed by atoms with Crippen LogP contribution in [-0.2, 0) is 6.54 Å². The normalized spacial score (nSPS) is 10.2. The van der Waals surface area contributed by atoms with Gasteiger partial charge in [0, 0.05) is 12.1 Å². The standard InChI is InChI=1S/C19H23N3O3S/c1-13(2)25-16-10-9-15(11-17(16)24-3)18(23)21-22-19(26)20-12-14-7-5-4-6-8-14/h4-11,13H,12H2,1-3H3,(H,21,23)(H2,20,22,26). The lowest BCUT2D eigenvalue weighted by Crippen LogP contribution is -2.46. The third kappa shape index (κ3) is 5.93. The Bertz CT molecular complexity index is 751. The van der Waals surface area contributed by atoms with Crippen LogP contribution in [0.25, 0.3) is 0 Å². The van der Waals surface area contributed by atoms with Gasteiger partial charge in [0.1, 0.15) is 0 Å². The van der Waals surface area contributed by atoms with Gasteiger partial charge in [-0.15, -0.1) is 0 Å². The van der Waals surface area contributed by atoms with E-state index in [2.05, 4.69) is 16.2 Å². The Morgan fingerprint density at radius 1 is 1.08 bits per heavy atom. The largest absolute Gasteiger partial charge is 0.493 e. The van der Waals surface area contributed by atoms with Crippen molar-refractivity contribution in [2.75, 3.05) is 7.11 Å². The van der Waals surface area contributed by atoms with Gasteiger partial charge in [-0.3, -0.25) is 15.6 Å². The van der Waals surface area contributed by atoms with Crippen molar-refractivity contribution in [3.05, 3.63) is 59.7 Å². The van der Waals surface area contributed by atoms with Crippen molar-refractivity contribution in [3.8, 4) is 11.5 Å². The summed E-state index contributed by atoms with van der Waals surface area (Å²) in [5.41, 5.74) is 6.76. The van der Waals surface area contributed by atoms with Crippen molar-refractivity contribution in [1.82, 2.24) is 16.2 Å². The molecule has 0 saturated carbocycles. The molecule has 0 saturated heterocycles. The molecule has 0 radical (unpaired) electrons. The van der Waals surface area contributed by atoms with Crippen molar-refractivity contribution in [2.24, 2.45) is 0 Å². The fourth-order valence-electron chi connectivity index (χ4n) is 2.17. The van der Waals surface area contributed by atoms with Crippen molar-refractivity contribution in [3.63, 3.8) is 0 Å². The highest BCUT2D eigenvalue weighted by Crippen LogP contribution is 2.28. The second kappa shape index (κ2) is 9.62. The number of ether oxygens (including phenoxy) is 2. The van der Waals surface area contributed by atoms with Gasteiger partial charge >= 0.3 is 0 Å². The third-order valence-electron chi connectivity index (χ3n) is 3.37. The number of methoxy groups -OCH3 is 1. The van der Waals surface area contributed by atoms with Crippen LogP contribution in [0.1, 0.15) is 29.8 Å². The first-order chi connectivity index (χ1) is 12.5. The summed E-state index contributed by atoms with van der Waals surface area (Å²) in [6, 6.07) is 14.8. The first-order valence-corrected chi connectivity index (χ1v) is 8.63. The summed E-state index contributed by atoms with van der Waals surface area (Å²) < 4.78 is 10.9. The number of hydrogen-bond acceptors (Lipinski definition) is 4. The maximum atomic E-state index is 12.3. The quantitative estimate of drug-likeness (QED) is 0.534. The van der Waals surface area contributed by atoms with Crippen LogP contribution in [-0.4, -0.2) is 24.2 Å². The lowest BCUT2D eigenvalue weighted by molar-refractivity contribution is 0.0943. The summed E-state index contributed by atoms with van der Waals surface area (Å²) >= 11 is 5.16. The Labute approximate surface area is 158 Å². The highest BCUT2D eigenvalue weighted by Gasteiger charge is 2.12. The maximum absolute atomic E-state index is 12.3. The van der Waals surface area contributed by atoms with Crippen molar-refractivity contribution in [2.45, 2.75) is 26.5 Å². The van der Waals surface area contributed by atoms with Crippen LogP contribution in [0.5, 0.6) is 11.5 Å². The Kier molecular flexibility index (Phi) is 7.23. The number of hydrogen-bond donors (Lipinski definition) is 3. The van der Waals surface area contributed by atoms with Crippen molar-refractivity contribution < 1.29 is 14.3 Å². The van der Waals surface area contributed by atoms with Gasteiger partial charge in [0.2, 0.25) is 0 Å². The molecule has 26 heavy (non-hydrogen) atoms. The van der Waals surface area contributed by atoms with E-state index in [4.69, 9.17) is 21.7 Å². The van der Waals surface area contributed by atoms with E-state index in [1.807, 2.05) is 44.2 Å². The molecule has 1 amide bonds. The molecule has 0 aliphatic heterocycles. The zero-order valence-corrected chi connectivity index (χ0v) is 15.9. The van der Waals surface area contributed by atoms with Crippen molar-refractivity contribution >= 4 is 23.2 Å². The zero-order valence-electron chi connectivity index (χ0n) is 15.0. The highest BCUT2D eigenvalue weighted by molar-refractivity contribution is 7.80. The number of thiocarbonyl (C=S) groups is 1. The second-order valence-electron chi connectivity index (χ2n) is 5.78. The molecule has 0 heterocycles. The lowest BCUT2D eigenvalue weighted by atomic mass is 10.2. The molecule has 0 aromatic heterocycles. The summed E-state index contributed by atoms with van der Waals surface area (Å²) in [5, 5.41) is 3.35. The van der Waals surface area contributed by atoms with Gasteiger partial charge in [-0.2, -0.15) is 0 Å². The summed E-state index contributed by atoms with van der Waals surface area (Å²) in [7, 11) is 1.53. The molecular formula is C19H23N3O3S. The average molecular weight is 373 g/mol. The first kappa shape index (κ1) is 19.5. The molecule has 0 atom stereocenters. The first-order valence-electron chi connectivity index (χ1n) is 8.22. The van der Waals surface area contributed by atoms with Gasteiger partial charge in [0.15, 0.2) is 16.6 Å². The van der Waals surface area contributed by atoms with Crippen LogP contribution in [0.3, 0.4) is 0 Å². The summed E-state index contributed by atoms with van der Waals surface area (Å²) in [5.74, 6) is 0.756. The molecule has 0 spiro atoms. The average Bonchev–Trinajstić information content (AvgIpc) is 2.65. The minimum atomic E-state index is -0.330. The fraction of sp³-hybridized carbons (Fsp3) is 0.263. The molecule has 2 aromatic rings. The molecular weight excluding hydrogens is 350 g/mol. The molecule has 0 fully saturated rings. The molecule has 0 bridgehead atoms. The molecule has 138 valence electrons. The number of carbonyl (C=O) groups is 1. The zero-order chi connectivity index (χ0) is 18.9. The Morgan fingerprint density at radius 3 is 2.46 bits per heavy atom. The predicted octanol–water partition coefficient (Wildman–Crippen LogP) is 2.79. The minimum absolute atomic E-state index is 0.0123. The molecule has 2 rings (SSSR count). The smallest absolute Gasteiger partial charge is 0.269 e. The fourth-order valence-corrected chi connectivity index (χ4v) is 2.29. The third-order valence-corrected chi connectivity index (χ3v) is 3.62.